The number of aliphatic hydroxyl groups excluding tert-OH is 1. The molecule has 2 nitrogen and oxygen atoms in total. The summed E-state index contributed by atoms with van der Waals surface area (Å²) < 4.78 is 5.46. The topological polar surface area (TPSA) is 29.5 Å². The summed E-state index contributed by atoms with van der Waals surface area (Å²) in [6.07, 6.45) is -0.575. The smallest absolute Gasteiger partial charge is 0.125 e. The van der Waals surface area contributed by atoms with Crippen LogP contribution in [0.3, 0.4) is 0 Å². The van der Waals surface area contributed by atoms with Crippen molar-refractivity contribution < 1.29 is 9.84 Å². The number of hydrogen-bond acceptors (Lipinski definition) is 2. The van der Waals surface area contributed by atoms with Gasteiger partial charge in [-0.05, 0) is 26.0 Å². The maximum absolute atomic E-state index is 9.60. The van der Waals surface area contributed by atoms with Gasteiger partial charge in [0.05, 0.1) is 11.1 Å². The fourth-order valence-electron chi connectivity index (χ4n) is 1.30. The van der Waals surface area contributed by atoms with Gasteiger partial charge in [0, 0.05) is 11.1 Å². The Morgan fingerprint density at radius 3 is 2.81 bits per heavy atom. The van der Waals surface area contributed by atoms with Crippen LogP contribution in [0, 0.1) is 6.92 Å². The molecule has 0 amide bonds. The molecule has 0 aromatic heterocycles. The van der Waals surface area contributed by atoms with E-state index in [9.17, 15) is 5.11 Å². The minimum absolute atomic E-state index is 0.202. The SMILES string of the molecule is Cc1ccc(OCC(Cl)=CCl)c([C@@H](C)O)c1. The molecule has 0 aliphatic carbocycles. The summed E-state index contributed by atoms with van der Waals surface area (Å²) in [6, 6.07) is 5.62. The van der Waals surface area contributed by atoms with E-state index in [0.29, 0.717) is 10.8 Å². The fourth-order valence-corrected chi connectivity index (χ4v) is 1.42. The lowest BCUT2D eigenvalue weighted by Gasteiger charge is -2.13. The van der Waals surface area contributed by atoms with E-state index in [1.165, 1.54) is 5.54 Å². The Bertz CT molecular complexity index is 387. The minimum atomic E-state index is -0.575. The summed E-state index contributed by atoms with van der Waals surface area (Å²) in [6.45, 7) is 3.86. The Kier molecular flexibility index (Phi) is 5.13. The Morgan fingerprint density at radius 1 is 1.56 bits per heavy atom. The normalized spacial score (nSPS) is 13.7. The molecule has 1 atom stereocenters. The zero-order valence-electron chi connectivity index (χ0n) is 9.21. The van der Waals surface area contributed by atoms with Crippen molar-refractivity contribution in [3.05, 3.63) is 39.9 Å². The zero-order valence-corrected chi connectivity index (χ0v) is 10.7. The van der Waals surface area contributed by atoms with Gasteiger partial charge >= 0.3 is 0 Å². The van der Waals surface area contributed by atoms with Crippen LogP contribution in [-0.4, -0.2) is 11.7 Å². The Hall–Kier alpha value is -0.700. The van der Waals surface area contributed by atoms with Crippen LogP contribution in [0.2, 0.25) is 0 Å². The molecule has 1 aromatic rings. The molecule has 0 spiro atoms. The Balaban J connectivity index is 2.87. The van der Waals surface area contributed by atoms with Crippen molar-refractivity contribution >= 4 is 23.2 Å². The van der Waals surface area contributed by atoms with Gasteiger partial charge in [0.25, 0.3) is 0 Å². The van der Waals surface area contributed by atoms with E-state index in [2.05, 4.69) is 0 Å². The maximum atomic E-state index is 9.60. The van der Waals surface area contributed by atoms with Crippen molar-refractivity contribution in [1.82, 2.24) is 0 Å². The second-order valence-corrected chi connectivity index (χ2v) is 4.27. The minimum Gasteiger partial charge on any atom is -0.488 e. The van der Waals surface area contributed by atoms with E-state index in [0.717, 1.165) is 11.1 Å². The third-order valence-corrected chi connectivity index (χ3v) is 2.69. The highest BCUT2D eigenvalue weighted by molar-refractivity contribution is 6.36. The van der Waals surface area contributed by atoms with Crippen LogP contribution in [0.5, 0.6) is 5.75 Å². The van der Waals surface area contributed by atoms with E-state index in [-0.39, 0.29) is 6.61 Å². The highest BCUT2D eigenvalue weighted by Gasteiger charge is 2.09. The fraction of sp³-hybridized carbons (Fsp3) is 0.333. The molecule has 0 aliphatic heterocycles. The van der Waals surface area contributed by atoms with Crippen LogP contribution in [0.4, 0.5) is 0 Å². The van der Waals surface area contributed by atoms with Gasteiger partial charge in [-0.25, -0.2) is 0 Å². The number of halogens is 2. The standard InChI is InChI=1S/C12H14Cl2O2/c1-8-3-4-12(11(5-8)9(2)15)16-7-10(14)6-13/h3-6,9,15H,7H2,1-2H3/t9-/m1/s1. The third kappa shape index (κ3) is 3.71. The molecule has 0 bridgehead atoms. The number of aryl methyl sites for hydroxylation is 1. The van der Waals surface area contributed by atoms with Crippen LogP contribution >= 0.6 is 23.2 Å². The van der Waals surface area contributed by atoms with Crippen molar-refractivity contribution in [2.75, 3.05) is 6.61 Å². The quantitative estimate of drug-likeness (QED) is 0.894. The summed E-state index contributed by atoms with van der Waals surface area (Å²) >= 11 is 11.1. The first-order valence-corrected chi connectivity index (χ1v) is 5.72. The van der Waals surface area contributed by atoms with E-state index in [1.54, 1.807) is 6.92 Å². The summed E-state index contributed by atoms with van der Waals surface area (Å²) in [5, 5.41) is 10.0. The van der Waals surface area contributed by atoms with Crippen molar-refractivity contribution in [3.63, 3.8) is 0 Å². The number of ether oxygens (including phenoxy) is 1. The molecule has 1 N–H and O–H groups in total. The van der Waals surface area contributed by atoms with Crippen LogP contribution in [-0.2, 0) is 0 Å². The largest absolute Gasteiger partial charge is 0.488 e. The summed E-state index contributed by atoms with van der Waals surface area (Å²) in [4.78, 5) is 0. The highest BCUT2D eigenvalue weighted by Crippen LogP contribution is 2.26. The lowest BCUT2D eigenvalue weighted by molar-refractivity contribution is 0.192. The lowest BCUT2D eigenvalue weighted by Crippen LogP contribution is -2.02. The molecule has 0 saturated carbocycles. The molecular weight excluding hydrogens is 247 g/mol. The number of rotatable bonds is 4. The summed E-state index contributed by atoms with van der Waals surface area (Å²) in [5.41, 5.74) is 3.08. The first kappa shape index (κ1) is 13.4. The molecular formula is C12H14Cl2O2. The van der Waals surface area contributed by atoms with E-state index in [1.807, 2.05) is 25.1 Å². The number of benzene rings is 1. The maximum Gasteiger partial charge on any atom is 0.125 e. The molecule has 16 heavy (non-hydrogen) atoms. The van der Waals surface area contributed by atoms with Gasteiger partial charge in [0.2, 0.25) is 0 Å². The van der Waals surface area contributed by atoms with Gasteiger partial charge in [-0.1, -0.05) is 34.8 Å². The molecule has 0 saturated heterocycles. The van der Waals surface area contributed by atoms with E-state index >= 15 is 0 Å². The average Bonchev–Trinajstić information content (AvgIpc) is 2.26. The van der Waals surface area contributed by atoms with Crippen molar-refractivity contribution in [2.45, 2.75) is 20.0 Å². The monoisotopic (exact) mass is 260 g/mol. The van der Waals surface area contributed by atoms with Gasteiger partial charge in [-0.3, -0.25) is 0 Å². The van der Waals surface area contributed by atoms with Gasteiger partial charge < -0.3 is 9.84 Å². The van der Waals surface area contributed by atoms with Crippen LogP contribution < -0.4 is 4.74 Å². The molecule has 0 radical (unpaired) electrons. The van der Waals surface area contributed by atoms with Crippen LogP contribution in [0.1, 0.15) is 24.2 Å². The molecule has 4 heteroatoms. The Morgan fingerprint density at radius 2 is 2.25 bits per heavy atom. The summed E-state index contributed by atoms with van der Waals surface area (Å²) in [5.74, 6) is 0.622. The van der Waals surface area contributed by atoms with Gasteiger partial charge in [-0.15, -0.1) is 0 Å². The molecule has 88 valence electrons. The molecule has 0 fully saturated rings. The van der Waals surface area contributed by atoms with Crippen molar-refractivity contribution in [1.29, 1.82) is 0 Å². The zero-order chi connectivity index (χ0) is 12.1. The van der Waals surface area contributed by atoms with Crippen LogP contribution in [0.25, 0.3) is 0 Å². The van der Waals surface area contributed by atoms with Crippen LogP contribution in [0.15, 0.2) is 28.8 Å². The molecule has 1 rings (SSSR count). The molecule has 1 aromatic carbocycles. The van der Waals surface area contributed by atoms with Gasteiger partial charge in [-0.2, -0.15) is 0 Å². The second kappa shape index (κ2) is 6.14. The first-order chi connectivity index (χ1) is 7.54. The molecule has 0 unspecified atom stereocenters. The number of aliphatic hydroxyl groups is 1. The van der Waals surface area contributed by atoms with Crippen molar-refractivity contribution in [2.24, 2.45) is 0 Å². The third-order valence-electron chi connectivity index (χ3n) is 2.10. The molecule has 0 aliphatic rings. The average molecular weight is 261 g/mol. The second-order valence-electron chi connectivity index (χ2n) is 3.56. The van der Waals surface area contributed by atoms with Crippen molar-refractivity contribution in [3.8, 4) is 5.75 Å². The number of hydrogen-bond donors (Lipinski definition) is 1. The first-order valence-electron chi connectivity index (χ1n) is 4.90. The van der Waals surface area contributed by atoms with Gasteiger partial charge in [0.15, 0.2) is 0 Å². The summed E-state index contributed by atoms with van der Waals surface area (Å²) in [7, 11) is 0. The van der Waals surface area contributed by atoms with E-state index in [4.69, 9.17) is 27.9 Å². The molecule has 0 heterocycles. The predicted octanol–water partition coefficient (Wildman–Crippen LogP) is 3.75. The van der Waals surface area contributed by atoms with E-state index < -0.39 is 6.10 Å². The Labute approximate surface area is 105 Å². The van der Waals surface area contributed by atoms with Gasteiger partial charge in [0.1, 0.15) is 12.4 Å². The lowest BCUT2D eigenvalue weighted by atomic mass is 10.1. The highest BCUT2D eigenvalue weighted by atomic mass is 35.5. The predicted molar refractivity (Wildman–Crippen MR) is 67.1 cm³/mol.